The van der Waals surface area contributed by atoms with Crippen LogP contribution >= 0.6 is 0 Å². The van der Waals surface area contributed by atoms with Gasteiger partial charge in [0.25, 0.3) is 0 Å². The summed E-state index contributed by atoms with van der Waals surface area (Å²) < 4.78 is 5.42. The van der Waals surface area contributed by atoms with Gasteiger partial charge >= 0.3 is 0 Å². The smallest absolute Gasteiger partial charge is 0.161 e. The van der Waals surface area contributed by atoms with Gasteiger partial charge in [-0.15, -0.1) is 0 Å². The second-order valence-corrected chi connectivity index (χ2v) is 5.61. The number of nitrogens with one attached hydrogen (secondary N) is 1. The van der Waals surface area contributed by atoms with Crippen molar-refractivity contribution in [1.29, 1.82) is 0 Å². The third-order valence-corrected chi connectivity index (χ3v) is 3.98. The van der Waals surface area contributed by atoms with Crippen molar-refractivity contribution in [1.82, 2.24) is 10.4 Å². The molecule has 1 aliphatic heterocycles. The molecule has 20 heavy (non-hydrogen) atoms. The molecule has 2 unspecified atom stereocenters. The van der Waals surface area contributed by atoms with Gasteiger partial charge in [-0.3, -0.25) is 5.43 Å². The number of piperidine rings is 1. The lowest BCUT2D eigenvalue weighted by atomic mass is 10.00. The van der Waals surface area contributed by atoms with Crippen molar-refractivity contribution in [3.8, 4) is 11.5 Å². The number of ether oxygens (including phenoxy) is 1. The lowest BCUT2D eigenvalue weighted by Crippen LogP contribution is -2.51. The van der Waals surface area contributed by atoms with Crippen LogP contribution in [0.1, 0.15) is 45.6 Å². The summed E-state index contributed by atoms with van der Waals surface area (Å²) in [6.07, 6.45) is 3.81. The average Bonchev–Trinajstić information content (AvgIpc) is 2.42. The van der Waals surface area contributed by atoms with Crippen LogP contribution in [0.4, 0.5) is 0 Å². The summed E-state index contributed by atoms with van der Waals surface area (Å²) in [5, 5.41) is 12.1. The zero-order chi connectivity index (χ0) is 14.5. The Morgan fingerprint density at radius 2 is 2.00 bits per heavy atom. The van der Waals surface area contributed by atoms with Crippen molar-refractivity contribution >= 4 is 0 Å². The molecule has 0 spiro atoms. The van der Waals surface area contributed by atoms with Crippen LogP contribution in [-0.4, -0.2) is 28.8 Å². The van der Waals surface area contributed by atoms with Gasteiger partial charge < -0.3 is 9.84 Å². The maximum absolute atomic E-state index is 9.71. The van der Waals surface area contributed by atoms with Gasteiger partial charge in [0.15, 0.2) is 11.5 Å². The van der Waals surface area contributed by atoms with Gasteiger partial charge in [-0.05, 0) is 51.3 Å². The van der Waals surface area contributed by atoms with E-state index in [9.17, 15) is 5.11 Å². The predicted octanol–water partition coefficient (Wildman–Crippen LogP) is 3.06. The number of benzene rings is 1. The second kappa shape index (κ2) is 6.95. The summed E-state index contributed by atoms with van der Waals surface area (Å²) in [5.74, 6) is 0.766. The molecule has 1 aromatic carbocycles. The molecule has 112 valence electrons. The standard InChI is InChI=1S/C16H26N2O2/c1-4-20-16-10-14(8-9-15(16)19)11-17-18-12(2)6-5-7-13(18)3/h8-10,12-13,17,19H,4-7,11H2,1-3H3. The predicted molar refractivity (Wildman–Crippen MR) is 80.7 cm³/mol. The van der Waals surface area contributed by atoms with Crippen molar-refractivity contribution in [2.75, 3.05) is 6.61 Å². The van der Waals surface area contributed by atoms with E-state index in [-0.39, 0.29) is 5.75 Å². The number of aromatic hydroxyl groups is 1. The Balaban J connectivity index is 1.97. The van der Waals surface area contributed by atoms with Crippen LogP contribution in [0.5, 0.6) is 11.5 Å². The van der Waals surface area contributed by atoms with E-state index in [1.807, 2.05) is 19.1 Å². The van der Waals surface area contributed by atoms with E-state index < -0.39 is 0 Å². The minimum Gasteiger partial charge on any atom is -0.504 e. The van der Waals surface area contributed by atoms with E-state index in [1.54, 1.807) is 6.07 Å². The van der Waals surface area contributed by atoms with Crippen LogP contribution in [-0.2, 0) is 6.54 Å². The van der Waals surface area contributed by atoms with E-state index >= 15 is 0 Å². The van der Waals surface area contributed by atoms with Gasteiger partial charge in [0.2, 0.25) is 0 Å². The highest BCUT2D eigenvalue weighted by Gasteiger charge is 2.24. The SMILES string of the molecule is CCOc1cc(CNN2C(C)CCCC2C)ccc1O. The summed E-state index contributed by atoms with van der Waals surface area (Å²) in [6.45, 7) is 7.78. The largest absolute Gasteiger partial charge is 0.504 e. The van der Waals surface area contributed by atoms with Crippen LogP contribution < -0.4 is 10.2 Å². The summed E-state index contributed by atoms with van der Waals surface area (Å²) >= 11 is 0. The normalized spacial score (nSPS) is 23.8. The van der Waals surface area contributed by atoms with Crippen LogP contribution in [0.2, 0.25) is 0 Å². The van der Waals surface area contributed by atoms with E-state index in [0.717, 1.165) is 12.1 Å². The fourth-order valence-corrected chi connectivity index (χ4v) is 2.86. The number of phenols is 1. The molecule has 4 nitrogen and oxygen atoms in total. The van der Waals surface area contributed by atoms with E-state index in [4.69, 9.17) is 4.74 Å². The Hall–Kier alpha value is -1.26. The second-order valence-electron chi connectivity index (χ2n) is 5.61. The van der Waals surface area contributed by atoms with Crippen molar-refractivity contribution in [2.45, 2.75) is 58.7 Å². The maximum Gasteiger partial charge on any atom is 0.161 e. The molecule has 2 atom stereocenters. The van der Waals surface area contributed by atoms with Crippen molar-refractivity contribution < 1.29 is 9.84 Å². The van der Waals surface area contributed by atoms with E-state index in [1.165, 1.54) is 19.3 Å². The third kappa shape index (κ3) is 3.64. The first-order chi connectivity index (χ1) is 9.61. The molecule has 4 heteroatoms. The topological polar surface area (TPSA) is 44.7 Å². The Bertz CT molecular complexity index is 426. The molecular weight excluding hydrogens is 252 g/mol. The molecule has 2 rings (SSSR count). The van der Waals surface area contributed by atoms with E-state index in [2.05, 4.69) is 24.3 Å². The molecule has 0 saturated carbocycles. The van der Waals surface area contributed by atoms with Crippen molar-refractivity contribution in [3.63, 3.8) is 0 Å². The maximum atomic E-state index is 9.71. The van der Waals surface area contributed by atoms with Gasteiger partial charge in [0.1, 0.15) is 0 Å². The minimum absolute atomic E-state index is 0.204. The van der Waals surface area contributed by atoms with Crippen molar-refractivity contribution in [3.05, 3.63) is 23.8 Å². The molecule has 0 amide bonds. The van der Waals surface area contributed by atoms with Gasteiger partial charge in [0.05, 0.1) is 6.61 Å². The molecule has 1 aliphatic rings. The van der Waals surface area contributed by atoms with Crippen LogP contribution in [0.3, 0.4) is 0 Å². The highest BCUT2D eigenvalue weighted by molar-refractivity contribution is 5.41. The number of nitrogens with zero attached hydrogens (tertiary/aromatic N) is 1. The molecule has 1 aromatic rings. The number of hydrazine groups is 1. The zero-order valence-electron chi connectivity index (χ0n) is 12.7. The van der Waals surface area contributed by atoms with Crippen LogP contribution in [0.15, 0.2) is 18.2 Å². The first kappa shape index (κ1) is 15.1. The summed E-state index contributed by atoms with van der Waals surface area (Å²) in [5.41, 5.74) is 4.64. The van der Waals surface area contributed by atoms with Gasteiger partial charge in [-0.1, -0.05) is 12.5 Å². The molecule has 2 N–H and O–H groups in total. The molecule has 0 aromatic heterocycles. The Morgan fingerprint density at radius 1 is 1.30 bits per heavy atom. The lowest BCUT2D eigenvalue weighted by molar-refractivity contribution is 0.0435. The molecule has 1 heterocycles. The monoisotopic (exact) mass is 278 g/mol. The van der Waals surface area contributed by atoms with Crippen LogP contribution in [0, 0.1) is 0 Å². The fraction of sp³-hybridized carbons (Fsp3) is 0.625. The Kier molecular flexibility index (Phi) is 5.26. The van der Waals surface area contributed by atoms with Crippen molar-refractivity contribution in [2.24, 2.45) is 0 Å². The molecule has 1 saturated heterocycles. The van der Waals surface area contributed by atoms with Crippen LogP contribution in [0.25, 0.3) is 0 Å². The van der Waals surface area contributed by atoms with Gasteiger partial charge in [-0.2, -0.15) is 0 Å². The summed E-state index contributed by atoms with van der Waals surface area (Å²) in [6, 6.07) is 6.68. The third-order valence-electron chi connectivity index (χ3n) is 3.98. The number of hydrogen-bond donors (Lipinski definition) is 2. The average molecular weight is 278 g/mol. The first-order valence-corrected chi connectivity index (χ1v) is 7.58. The number of phenolic OH excluding ortho intramolecular Hbond substituents is 1. The highest BCUT2D eigenvalue weighted by atomic mass is 16.5. The zero-order valence-corrected chi connectivity index (χ0v) is 12.7. The fourth-order valence-electron chi connectivity index (χ4n) is 2.86. The summed E-state index contributed by atoms with van der Waals surface area (Å²) in [7, 11) is 0. The highest BCUT2D eigenvalue weighted by Crippen LogP contribution is 2.27. The Labute approximate surface area is 121 Å². The number of hydrogen-bond acceptors (Lipinski definition) is 4. The molecule has 0 radical (unpaired) electrons. The molecule has 0 aliphatic carbocycles. The minimum atomic E-state index is 0.204. The Morgan fingerprint density at radius 3 is 2.65 bits per heavy atom. The molecule has 1 fully saturated rings. The first-order valence-electron chi connectivity index (χ1n) is 7.58. The quantitative estimate of drug-likeness (QED) is 0.869. The van der Waals surface area contributed by atoms with Gasteiger partial charge in [-0.25, -0.2) is 5.01 Å². The summed E-state index contributed by atoms with van der Waals surface area (Å²) in [4.78, 5) is 0. The number of rotatable bonds is 5. The molecule has 0 bridgehead atoms. The van der Waals surface area contributed by atoms with E-state index in [0.29, 0.717) is 24.4 Å². The van der Waals surface area contributed by atoms with Gasteiger partial charge in [0, 0.05) is 18.6 Å². The molecular formula is C16H26N2O2. The lowest BCUT2D eigenvalue weighted by Gasteiger charge is -2.39.